The minimum absolute atomic E-state index is 0.587. The van der Waals surface area contributed by atoms with Gasteiger partial charge in [0.15, 0.2) is 0 Å². The minimum atomic E-state index is 0.587. The molecule has 1 N–H and O–H groups in total. The molecular weight excluding hydrogens is 143 g/mol. The molecule has 3 heteroatoms. The second kappa shape index (κ2) is 6.09. The Bertz CT molecular complexity index is 78.0. The molecule has 62 valence electrons. The fourth-order valence-corrected chi connectivity index (χ4v) is 1.40. The van der Waals surface area contributed by atoms with Crippen LogP contribution in [0.3, 0.4) is 0 Å². The van der Waals surface area contributed by atoms with E-state index in [9.17, 15) is 0 Å². The van der Waals surface area contributed by atoms with Crippen LogP contribution in [-0.4, -0.2) is 30.8 Å². The molecule has 0 aromatic rings. The summed E-state index contributed by atoms with van der Waals surface area (Å²) in [6.07, 6.45) is 1.22. The van der Waals surface area contributed by atoms with Crippen molar-refractivity contribution in [3.05, 3.63) is 0 Å². The second-order valence-electron chi connectivity index (χ2n) is 2.68. The summed E-state index contributed by atoms with van der Waals surface area (Å²) < 4.78 is 2.27. The molecular formula is C7H19N2P. The average Bonchev–Trinajstić information content (AvgIpc) is 1.88. The molecule has 0 saturated carbocycles. The van der Waals surface area contributed by atoms with Gasteiger partial charge in [0.25, 0.3) is 0 Å². The van der Waals surface area contributed by atoms with E-state index in [2.05, 4.69) is 33.2 Å². The van der Waals surface area contributed by atoms with Crippen molar-refractivity contribution in [3.63, 3.8) is 0 Å². The normalized spacial score (nSPS) is 14.1. The van der Waals surface area contributed by atoms with Crippen LogP contribution in [0.1, 0.15) is 20.3 Å². The summed E-state index contributed by atoms with van der Waals surface area (Å²) >= 11 is 0. The van der Waals surface area contributed by atoms with Crippen molar-refractivity contribution in [2.45, 2.75) is 26.3 Å². The summed E-state index contributed by atoms with van der Waals surface area (Å²) in [5, 5.41) is 3.20. The van der Waals surface area contributed by atoms with E-state index in [-0.39, 0.29) is 0 Å². The molecule has 0 rings (SSSR count). The smallest absolute Gasteiger partial charge is 0.0168 e. The van der Waals surface area contributed by atoms with Gasteiger partial charge in [0.2, 0.25) is 0 Å². The van der Waals surface area contributed by atoms with E-state index in [1.54, 1.807) is 0 Å². The Morgan fingerprint density at radius 2 is 2.20 bits per heavy atom. The van der Waals surface area contributed by atoms with E-state index in [1.807, 2.05) is 7.05 Å². The lowest BCUT2D eigenvalue weighted by molar-refractivity contribution is 0.409. The van der Waals surface area contributed by atoms with E-state index < -0.39 is 0 Å². The van der Waals surface area contributed by atoms with Crippen LogP contribution < -0.4 is 5.32 Å². The van der Waals surface area contributed by atoms with Crippen LogP contribution in [0, 0.1) is 0 Å². The van der Waals surface area contributed by atoms with Gasteiger partial charge in [0, 0.05) is 19.1 Å². The number of nitrogens with one attached hydrogen (secondary N) is 1. The zero-order chi connectivity index (χ0) is 7.98. The highest BCUT2D eigenvalue weighted by atomic mass is 31.0. The summed E-state index contributed by atoms with van der Waals surface area (Å²) in [7, 11) is 4.74. The van der Waals surface area contributed by atoms with Gasteiger partial charge in [0.1, 0.15) is 0 Å². The van der Waals surface area contributed by atoms with Crippen LogP contribution in [0.15, 0.2) is 0 Å². The van der Waals surface area contributed by atoms with Gasteiger partial charge in [-0.1, -0.05) is 16.3 Å². The number of rotatable bonds is 5. The van der Waals surface area contributed by atoms with E-state index in [0.717, 1.165) is 13.1 Å². The molecule has 2 unspecified atom stereocenters. The number of hydrogen-bond acceptors (Lipinski definition) is 2. The van der Waals surface area contributed by atoms with E-state index in [0.29, 0.717) is 6.04 Å². The predicted octanol–water partition coefficient (Wildman–Crippen LogP) is 1.10. The van der Waals surface area contributed by atoms with Crippen molar-refractivity contribution in [3.8, 4) is 0 Å². The number of nitrogens with zero attached hydrogens (tertiary/aromatic N) is 1. The molecule has 2 atom stereocenters. The summed E-state index contributed by atoms with van der Waals surface area (Å²) in [6.45, 7) is 6.65. The molecule has 0 saturated heterocycles. The lowest BCUT2D eigenvalue weighted by Gasteiger charge is -2.19. The van der Waals surface area contributed by atoms with Crippen LogP contribution in [0.2, 0.25) is 0 Å². The van der Waals surface area contributed by atoms with Crippen molar-refractivity contribution in [1.82, 2.24) is 9.99 Å². The molecule has 0 aliphatic heterocycles. The number of likely N-dealkylation sites (N-methyl/N-ethyl adjacent to an activating group) is 1. The first kappa shape index (κ1) is 10.3. The van der Waals surface area contributed by atoms with Gasteiger partial charge in [-0.25, -0.2) is 0 Å². The van der Waals surface area contributed by atoms with Gasteiger partial charge in [-0.3, -0.25) is 4.67 Å². The highest BCUT2D eigenvalue weighted by Gasteiger charge is 2.01. The topological polar surface area (TPSA) is 15.3 Å². The maximum Gasteiger partial charge on any atom is 0.0168 e. The quantitative estimate of drug-likeness (QED) is 0.609. The molecule has 10 heavy (non-hydrogen) atoms. The molecule has 0 radical (unpaired) electrons. The Morgan fingerprint density at radius 3 is 2.60 bits per heavy atom. The molecule has 0 aromatic heterocycles. The first-order chi connectivity index (χ1) is 4.70. The van der Waals surface area contributed by atoms with E-state index >= 15 is 0 Å². The largest absolute Gasteiger partial charge is 0.316 e. The van der Waals surface area contributed by atoms with E-state index in [1.165, 1.54) is 6.42 Å². The lowest BCUT2D eigenvalue weighted by Crippen LogP contribution is -2.32. The van der Waals surface area contributed by atoms with Crippen molar-refractivity contribution in [2.75, 3.05) is 20.1 Å². The second-order valence-corrected chi connectivity index (χ2v) is 3.41. The summed E-state index contributed by atoms with van der Waals surface area (Å²) in [5.41, 5.74) is 0. The molecule has 0 spiro atoms. The van der Waals surface area contributed by atoms with Gasteiger partial charge >= 0.3 is 0 Å². The highest BCUT2D eigenvalue weighted by molar-refractivity contribution is 7.13. The van der Waals surface area contributed by atoms with Gasteiger partial charge in [-0.05, 0) is 20.4 Å². The van der Waals surface area contributed by atoms with Crippen molar-refractivity contribution < 1.29 is 0 Å². The van der Waals surface area contributed by atoms with Gasteiger partial charge < -0.3 is 5.32 Å². The SMILES string of the molecule is CCCN(P)CC(C)NC. The van der Waals surface area contributed by atoms with Crippen molar-refractivity contribution >= 4 is 9.39 Å². The first-order valence-corrected chi connectivity index (χ1v) is 4.39. The molecule has 0 amide bonds. The van der Waals surface area contributed by atoms with Crippen molar-refractivity contribution in [1.29, 1.82) is 0 Å². The monoisotopic (exact) mass is 162 g/mol. The molecule has 0 heterocycles. The van der Waals surface area contributed by atoms with Crippen LogP contribution in [-0.2, 0) is 0 Å². The van der Waals surface area contributed by atoms with Crippen LogP contribution in [0.4, 0.5) is 0 Å². The Hall–Kier alpha value is 0.350. The molecule has 0 aliphatic carbocycles. The van der Waals surface area contributed by atoms with Crippen LogP contribution >= 0.6 is 9.39 Å². The average molecular weight is 162 g/mol. The molecule has 0 fully saturated rings. The third-order valence-electron chi connectivity index (χ3n) is 1.51. The maximum atomic E-state index is 3.20. The van der Waals surface area contributed by atoms with Gasteiger partial charge in [-0.15, -0.1) is 0 Å². The van der Waals surface area contributed by atoms with Gasteiger partial charge in [-0.2, -0.15) is 0 Å². The Kier molecular flexibility index (Phi) is 6.30. The van der Waals surface area contributed by atoms with Crippen LogP contribution in [0.25, 0.3) is 0 Å². The molecule has 0 aliphatic rings. The maximum absolute atomic E-state index is 3.20. The number of hydrogen-bond donors (Lipinski definition) is 1. The zero-order valence-corrected chi connectivity index (χ0v) is 8.38. The fraction of sp³-hybridized carbons (Fsp3) is 1.00. The van der Waals surface area contributed by atoms with Crippen molar-refractivity contribution in [2.24, 2.45) is 0 Å². The Labute approximate surface area is 66.6 Å². The third-order valence-corrected chi connectivity index (χ3v) is 1.98. The van der Waals surface area contributed by atoms with Crippen LogP contribution in [0.5, 0.6) is 0 Å². The zero-order valence-electron chi connectivity index (χ0n) is 7.22. The first-order valence-electron chi connectivity index (χ1n) is 3.87. The Balaban J connectivity index is 3.27. The Morgan fingerprint density at radius 1 is 1.60 bits per heavy atom. The highest BCUT2D eigenvalue weighted by Crippen LogP contribution is 2.00. The third kappa shape index (κ3) is 5.16. The summed E-state index contributed by atoms with van der Waals surface area (Å²) in [4.78, 5) is 0. The predicted molar refractivity (Wildman–Crippen MR) is 50.1 cm³/mol. The fourth-order valence-electron chi connectivity index (χ4n) is 0.822. The summed E-state index contributed by atoms with van der Waals surface area (Å²) in [6, 6.07) is 0.587. The summed E-state index contributed by atoms with van der Waals surface area (Å²) in [5.74, 6) is 0. The molecule has 0 bridgehead atoms. The molecule has 2 nitrogen and oxygen atoms in total. The van der Waals surface area contributed by atoms with Gasteiger partial charge in [0.05, 0.1) is 0 Å². The molecule has 0 aromatic carbocycles. The minimum Gasteiger partial charge on any atom is -0.316 e. The van der Waals surface area contributed by atoms with E-state index in [4.69, 9.17) is 0 Å². The standard InChI is InChI=1S/C7H19N2P/c1-4-5-9(10)6-7(2)8-3/h7-8H,4-6,10H2,1-3H3. The lowest BCUT2D eigenvalue weighted by atomic mass is 10.3.